The lowest BCUT2D eigenvalue weighted by atomic mass is 10.1. The van der Waals surface area contributed by atoms with E-state index in [-0.39, 0.29) is 22.9 Å². The van der Waals surface area contributed by atoms with Crippen LogP contribution in [-0.2, 0) is 26.2 Å². The molecule has 0 fully saturated rings. The molecule has 1 aliphatic rings. The molecule has 0 aromatic heterocycles. The van der Waals surface area contributed by atoms with Gasteiger partial charge in [0.05, 0.1) is 5.56 Å². The van der Waals surface area contributed by atoms with E-state index in [4.69, 9.17) is 11.6 Å². The van der Waals surface area contributed by atoms with Crippen LogP contribution in [-0.4, -0.2) is 54.5 Å². The summed E-state index contributed by atoms with van der Waals surface area (Å²) >= 11 is 6.30. The van der Waals surface area contributed by atoms with Crippen molar-refractivity contribution < 1.29 is 22.8 Å². The SMILES string of the molecule is CCCCNC(=O)C(CC)N(Cc1ccccc1Cl)C(=O)CN1C(=O)c2ccccc2S1(=O)=O. The second kappa shape index (κ2) is 11.0. The summed E-state index contributed by atoms with van der Waals surface area (Å²) in [6, 6.07) is 11.9. The summed E-state index contributed by atoms with van der Waals surface area (Å²) in [6.07, 6.45) is 1.99. The fourth-order valence-electron chi connectivity index (χ4n) is 3.84. The highest BCUT2D eigenvalue weighted by atomic mass is 35.5. The Bertz CT molecular complexity index is 1180. The van der Waals surface area contributed by atoms with Crippen LogP contribution in [0, 0.1) is 0 Å². The average Bonchev–Trinajstić information content (AvgIpc) is 3.01. The lowest BCUT2D eigenvalue weighted by molar-refractivity contribution is -0.141. The summed E-state index contributed by atoms with van der Waals surface area (Å²) < 4.78 is 26.5. The third kappa shape index (κ3) is 5.26. The fourth-order valence-corrected chi connectivity index (χ4v) is 5.55. The van der Waals surface area contributed by atoms with Crippen molar-refractivity contribution >= 4 is 39.3 Å². The summed E-state index contributed by atoms with van der Waals surface area (Å²) in [5, 5.41) is 3.25. The van der Waals surface area contributed by atoms with Crippen LogP contribution in [0.3, 0.4) is 0 Å². The number of fused-ring (bicyclic) bond motifs is 1. The van der Waals surface area contributed by atoms with Crippen molar-refractivity contribution in [2.24, 2.45) is 0 Å². The number of nitrogens with zero attached hydrogens (tertiary/aromatic N) is 2. The Labute approximate surface area is 204 Å². The molecule has 0 aliphatic carbocycles. The summed E-state index contributed by atoms with van der Waals surface area (Å²) in [5.74, 6) is -1.76. The van der Waals surface area contributed by atoms with Crippen LogP contribution < -0.4 is 5.32 Å². The topological polar surface area (TPSA) is 104 Å². The normalized spacial score (nSPS) is 15.0. The van der Waals surface area contributed by atoms with Crippen molar-refractivity contribution in [1.29, 1.82) is 0 Å². The van der Waals surface area contributed by atoms with Gasteiger partial charge in [0.25, 0.3) is 15.9 Å². The number of carbonyl (C=O) groups excluding carboxylic acids is 3. The quantitative estimate of drug-likeness (QED) is 0.499. The second-order valence-electron chi connectivity index (χ2n) is 7.99. The number of nitrogens with one attached hydrogen (secondary N) is 1. The van der Waals surface area contributed by atoms with Crippen molar-refractivity contribution in [1.82, 2.24) is 14.5 Å². The van der Waals surface area contributed by atoms with Gasteiger partial charge in [-0.3, -0.25) is 14.4 Å². The molecule has 3 rings (SSSR count). The molecule has 2 aromatic carbocycles. The Hall–Kier alpha value is -2.91. The van der Waals surface area contributed by atoms with E-state index in [0.29, 0.717) is 27.9 Å². The molecule has 1 aliphatic heterocycles. The number of benzene rings is 2. The zero-order chi connectivity index (χ0) is 24.9. The maximum atomic E-state index is 13.5. The van der Waals surface area contributed by atoms with Crippen LogP contribution in [0.4, 0.5) is 0 Å². The predicted octanol–water partition coefficient (Wildman–Crippen LogP) is 3.21. The summed E-state index contributed by atoms with van der Waals surface area (Å²) in [7, 11) is -4.17. The monoisotopic (exact) mass is 505 g/mol. The van der Waals surface area contributed by atoms with E-state index in [1.165, 1.54) is 23.1 Å². The molecule has 0 bridgehead atoms. The second-order valence-corrected chi connectivity index (χ2v) is 10.2. The minimum absolute atomic E-state index is 0.00671. The van der Waals surface area contributed by atoms with E-state index in [1.807, 2.05) is 6.92 Å². The van der Waals surface area contributed by atoms with Gasteiger partial charge in [-0.25, -0.2) is 12.7 Å². The van der Waals surface area contributed by atoms with E-state index in [9.17, 15) is 22.8 Å². The molecule has 3 amide bonds. The Balaban J connectivity index is 1.91. The van der Waals surface area contributed by atoms with Gasteiger partial charge in [-0.1, -0.05) is 62.2 Å². The molecule has 10 heteroatoms. The maximum absolute atomic E-state index is 13.5. The van der Waals surface area contributed by atoms with Crippen molar-refractivity contribution in [2.45, 2.75) is 50.6 Å². The van der Waals surface area contributed by atoms with Crippen LogP contribution in [0.1, 0.15) is 49.0 Å². The van der Waals surface area contributed by atoms with E-state index in [0.717, 1.165) is 12.8 Å². The van der Waals surface area contributed by atoms with E-state index >= 15 is 0 Å². The molecular weight excluding hydrogens is 478 g/mol. The van der Waals surface area contributed by atoms with Gasteiger partial charge < -0.3 is 10.2 Å². The number of hydrogen-bond donors (Lipinski definition) is 1. The molecule has 0 saturated carbocycles. The number of halogens is 1. The first kappa shape index (κ1) is 25.7. The Morgan fingerprint density at radius 1 is 1.09 bits per heavy atom. The number of carbonyl (C=O) groups is 3. The first-order valence-corrected chi connectivity index (χ1v) is 13.0. The third-order valence-corrected chi connectivity index (χ3v) is 7.86. The molecule has 0 spiro atoms. The van der Waals surface area contributed by atoms with Crippen LogP contribution in [0.5, 0.6) is 0 Å². The molecule has 0 saturated heterocycles. The number of unbranched alkanes of at least 4 members (excludes halogenated alkanes) is 1. The first-order valence-electron chi connectivity index (χ1n) is 11.2. The lowest BCUT2D eigenvalue weighted by Crippen LogP contribution is -2.52. The molecule has 2 aromatic rings. The van der Waals surface area contributed by atoms with Gasteiger partial charge in [0.2, 0.25) is 11.8 Å². The van der Waals surface area contributed by atoms with Crippen molar-refractivity contribution in [3.8, 4) is 0 Å². The van der Waals surface area contributed by atoms with Gasteiger partial charge in [0.15, 0.2) is 0 Å². The van der Waals surface area contributed by atoms with Crippen LogP contribution in [0.25, 0.3) is 0 Å². The number of amides is 3. The minimum atomic E-state index is -4.17. The van der Waals surface area contributed by atoms with Crippen molar-refractivity contribution in [2.75, 3.05) is 13.1 Å². The third-order valence-electron chi connectivity index (χ3n) is 5.70. The smallest absolute Gasteiger partial charge is 0.269 e. The van der Waals surface area contributed by atoms with E-state index < -0.39 is 34.4 Å². The van der Waals surface area contributed by atoms with Gasteiger partial charge in [0, 0.05) is 18.1 Å². The van der Waals surface area contributed by atoms with Gasteiger partial charge in [-0.15, -0.1) is 0 Å². The van der Waals surface area contributed by atoms with Gasteiger partial charge in [0.1, 0.15) is 17.5 Å². The molecule has 8 nitrogen and oxygen atoms in total. The van der Waals surface area contributed by atoms with E-state index in [2.05, 4.69) is 5.32 Å². The Kier molecular flexibility index (Phi) is 8.33. The van der Waals surface area contributed by atoms with Gasteiger partial charge in [-0.05, 0) is 36.6 Å². The molecular formula is C24H28ClN3O5S. The molecule has 1 unspecified atom stereocenters. The molecule has 1 N–H and O–H groups in total. The molecule has 0 radical (unpaired) electrons. The van der Waals surface area contributed by atoms with Gasteiger partial charge >= 0.3 is 0 Å². The largest absolute Gasteiger partial charge is 0.354 e. The van der Waals surface area contributed by atoms with Crippen LogP contribution >= 0.6 is 11.6 Å². The summed E-state index contributed by atoms with van der Waals surface area (Å²) in [4.78, 5) is 40.4. The first-order chi connectivity index (χ1) is 16.2. The fraction of sp³-hybridized carbons (Fsp3) is 0.375. The minimum Gasteiger partial charge on any atom is -0.354 e. The molecule has 1 atom stereocenters. The number of sulfonamides is 1. The molecule has 182 valence electrons. The Morgan fingerprint density at radius 3 is 2.41 bits per heavy atom. The predicted molar refractivity (Wildman–Crippen MR) is 129 cm³/mol. The van der Waals surface area contributed by atoms with Crippen LogP contribution in [0.2, 0.25) is 5.02 Å². The number of hydrogen-bond acceptors (Lipinski definition) is 5. The number of rotatable bonds is 10. The highest BCUT2D eigenvalue weighted by molar-refractivity contribution is 7.90. The summed E-state index contributed by atoms with van der Waals surface area (Å²) in [6.45, 7) is 3.52. The molecule has 1 heterocycles. The Morgan fingerprint density at radius 2 is 1.76 bits per heavy atom. The highest BCUT2D eigenvalue weighted by Crippen LogP contribution is 2.30. The zero-order valence-electron chi connectivity index (χ0n) is 19.2. The van der Waals surface area contributed by atoms with E-state index in [1.54, 1.807) is 37.3 Å². The zero-order valence-corrected chi connectivity index (χ0v) is 20.7. The van der Waals surface area contributed by atoms with Gasteiger partial charge in [-0.2, -0.15) is 0 Å². The summed E-state index contributed by atoms with van der Waals surface area (Å²) in [5.41, 5.74) is 0.633. The molecule has 34 heavy (non-hydrogen) atoms. The lowest BCUT2D eigenvalue weighted by Gasteiger charge is -2.32. The average molecular weight is 506 g/mol. The maximum Gasteiger partial charge on any atom is 0.269 e. The van der Waals surface area contributed by atoms with Crippen molar-refractivity contribution in [3.63, 3.8) is 0 Å². The van der Waals surface area contributed by atoms with Crippen LogP contribution in [0.15, 0.2) is 53.4 Å². The van der Waals surface area contributed by atoms with Crippen molar-refractivity contribution in [3.05, 3.63) is 64.7 Å². The highest BCUT2D eigenvalue weighted by Gasteiger charge is 2.43. The standard InChI is InChI=1S/C24H28ClN3O5S/c1-3-5-14-26-23(30)20(4-2)27(15-17-10-6-8-12-19(17)25)22(29)16-28-24(31)18-11-7-9-13-21(18)34(28,32)33/h6-13,20H,3-5,14-16H2,1-2H3,(H,26,30).